The van der Waals surface area contributed by atoms with Crippen molar-refractivity contribution in [1.82, 2.24) is 14.9 Å². The lowest BCUT2D eigenvalue weighted by molar-refractivity contribution is -0.137. The van der Waals surface area contributed by atoms with Crippen molar-refractivity contribution < 1.29 is 18.0 Å². The monoisotopic (exact) mass is 432 g/mol. The third-order valence-electron chi connectivity index (χ3n) is 4.93. The summed E-state index contributed by atoms with van der Waals surface area (Å²) < 4.78 is 38.2. The molecule has 0 N–H and O–H groups in total. The molecule has 1 aromatic carbocycles. The molecule has 1 saturated heterocycles. The zero-order valence-corrected chi connectivity index (χ0v) is 16.8. The van der Waals surface area contributed by atoms with E-state index >= 15 is 0 Å². The molecular formula is C21H19F3N4OS. The van der Waals surface area contributed by atoms with Gasteiger partial charge in [0.05, 0.1) is 5.56 Å². The molecule has 0 bridgehead atoms. The molecule has 2 aromatic heterocycles. The second-order valence-electron chi connectivity index (χ2n) is 6.94. The Balaban J connectivity index is 1.42. The summed E-state index contributed by atoms with van der Waals surface area (Å²) in [5.41, 5.74) is 0.618. The Bertz CT molecular complexity index is 1010. The molecule has 30 heavy (non-hydrogen) atoms. The van der Waals surface area contributed by atoms with Gasteiger partial charge in [-0.2, -0.15) is 13.2 Å². The Morgan fingerprint density at radius 3 is 2.50 bits per heavy atom. The molecular weight excluding hydrogens is 413 g/mol. The molecule has 1 amide bonds. The van der Waals surface area contributed by atoms with Gasteiger partial charge in [0.25, 0.3) is 5.91 Å². The summed E-state index contributed by atoms with van der Waals surface area (Å²) in [6.45, 7) is 2.14. The van der Waals surface area contributed by atoms with Crippen LogP contribution in [0.1, 0.15) is 22.5 Å². The van der Waals surface area contributed by atoms with Crippen LogP contribution in [0, 0.1) is 0 Å². The standard InChI is InChI=1S/C21H19F3N4OS/c22-21(23,24)16-7-8-18(25-13-16)27-9-4-10-28(12-11-27)20(29)17-14-30-19(26-17)15-5-2-1-3-6-15/h1-3,5-8,13-14H,4,9-12H2. The van der Waals surface area contributed by atoms with E-state index in [1.54, 1.807) is 10.3 Å². The first-order valence-electron chi connectivity index (χ1n) is 9.50. The highest BCUT2D eigenvalue weighted by atomic mass is 32.1. The minimum absolute atomic E-state index is 0.129. The molecule has 0 atom stereocenters. The number of pyridine rings is 1. The van der Waals surface area contributed by atoms with Crippen molar-refractivity contribution in [2.75, 3.05) is 31.1 Å². The topological polar surface area (TPSA) is 49.3 Å². The van der Waals surface area contributed by atoms with Gasteiger partial charge in [-0.25, -0.2) is 9.97 Å². The van der Waals surface area contributed by atoms with Crippen molar-refractivity contribution in [1.29, 1.82) is 0 Å². The second-order valence-corrected chi connectivity index (χ2v) is 7.80. The molecule has 5 nitrogen and oxygen atoms in total. The maximum absolute atomic E-state index is 12.9. The largest absolute Gasteiger partial charge is 0.417 e. The van der Waals surface area contributed by atoms with Crippen LogP contribution in [-0.4, -0.2) is 47.0 Å². The van der Waals surface area contributed by atoms with Gasteiger partial charge in [-0.1, -0.05) is 30.3 Å². The molecule has 3 aromatic rings. The van der Waals surface area contributed by atoms with Crippen LogP contribution in [0.5, 0.6) is 0 Å². The first-order valence-corrected chi connectivity index (χ1v) is 10.4. The first-order chi connectivity index (χ1) is 14.4. The molecule has 0 saturated carbocycles. The van der Waals surface area contributed by atoms with Gasteiger partial charge in [-0.15, -0.1) is 11.3 Å². The van der Waals surface area contributed by atoms with E-state index in [1.807, 2.05) is 35.2 Å². The average Bonchev–Trinajstić information content (AvgIpc) is 3.11. The highest BCUT2D eigenvalue weighted by molar-refractivity contribution is 7.13. The van der Waals surface area contributed by atoms with Gasteiger partial charge in [-0.05, 0) is 18.6 Å². The predicted octanol–water partition coefficient (Wildman–Crippen LogP) is 4.58. The van der Waals surface area contributed by atoms with Gasteiger partial charge >= 0.3 is 6.18 Å². The van der Waals surface area contributed by atoms with Gasteiger partial charge in [0.2, 0.25) is 0 Å². The zero-order valence-electron chi connectivity index (χ0n) is 16.0. The number of hydrogen-bond acceptors (Lipinski definition) is 5. The second kappa shape index (κ2) is 8.43. The summed E-state index contributed by atoms with van der Waals surface area (Å²) in [5.74, 6) is 0.355. The molecule has 0 spiro atoms. The number of carbonyl (C=O) groups excluding carboxylic acids is 1. The number of anilines is 1. The summed E-state index contributed by atoms with van der Waals surface area (Å²) in [4.78, 5) is 25.0. The molecule has 1 aliphatic heterocycles. The number of thiazole rings is 1. The number of rotatable bonds is 3. The molecule has 9 heteroatoms. The molecule has 156 valence electrons. The number of amides is 1. The summed E-state index contributed by atoms with van der Waals surface area (Å²) in [5, 5.41) is 2.56. The molecule has 4 rings (SSSR count). The van der Waals surface area contributed by atoms with Crippen LogP contribution in [0.2, 0.25) is 0 Å². The van der Waals surface area contributed by atoms with E-state index in [2.05, 4.69) is 9.97 Å². The van der Waals surface area contributed by atoms with Crippen LogP contribution in [0.15, 0.2) is 54.0 Å². The van der Waals surface area contributed by atoms with Crippen LogP contribution >= 0.6 is 11.3 Å². The maximum Gasteiger partial charge on any atom is 0.417 e. The normalized spacial score (nSPS) is 15.2. The van der Waals surface area contributed by atoms with Crippen LogP contribution in [0.3, 0.4) is 0 Å². The Morgan fingerprint density at radius 2 is 1.80 bits per heavy atom. The summed E-state index contributed by atoms with van der Waals surface area (Å²) in [7, 11) is 0. The molecule has 3 heterocycles. The summed E-state index contributed by atoms with van der Waals surface area (Å²) in [6.07, 6.45) is -2.85. The van der Waals surface area contributed by atoms with E-state index in [-0.39, 0.29) is 5.91 Å². The number of aromatic nitrogens is 2. The third-order valence-corrected chi connectivity index (χ3v) is 5.82. The number of halogens is 3. The Morgan fingerprint density at radius 1 is 1.00 bits per heavy atom. The number of carbonyl (C=O) groups is 1. The molecule has 0 aliphatic carbocycles. The molecule has 1 fully saturated rings. The quantitative estimate of drug-likeness (QED) is 0.608. The Labute approximate surface area is 175 Å². The van der Waals surface area contributed by atoms with Crippen molar-refractivity contribution in [3.8, 4) is 10.6 Å². The lowest BCUT2D eigenvalue weighted by atomic mass is 10.2. The lowest BCUT2D eigenvalue weighted by Crippen LogP contribution is -2.35. The Hall–Kier alpha value is -2.94. The van der Waals surface area contributed by atoms with Crippen LogP contribution in [0.25, 0.3) is 10.6 Å². The highest BCUT2D eigenvalue weighted by Crippen LogP contribution is 2.29. The molecule has 1 aliphatic rings. The average molecular weight is 432 g/mol. The number of benzene rings is 1. The highest BCUT2D eigenvalue weighted by Gasteiger charge is 2.31. The van der Waals surface area contributed by atoms with Crippen molar-refractivity contribution in [2.45, 2.75) is 12.6 Å². The summed E-state index contributed by atoms with van der Waals surface area (Å²) >= 11 is 1.43. The fraction of sp³-hybridized carbons (Fsp3) is 0.286. The smallest absolute Gasteiger partial charge is 0.355 e. The number of alkyl halides is 3. The van der Waals surface area contributed by atoms with Crippen LogP contribution < -0.4 is 4.90 Å². The van der Waals surface area contributed by atoms with E-state index in [4.69, 9.17) is 0 Å². The van der Waals surface area contributed by atoms with E-state index < -0.39 is 11.7 Å². The fourth-order valence-electron chi connectivity index (χ4n) is 3.34. The summed E-state index contributed by atoms with van der Waals surface area (Å²) in [6, 6.07) is 12.1. The van der Waals surface area contributed by atoms with Gasteiger partial charge in [-0.3, -0.25) is 4.79 Å². The van der Waals surface area contributed by atoms with Crippen molar-refractivity contribution in [3.05, 3.63) is 65.3 Å². The van der Waals surface area contributed by atoms with E-state index in [0.717, 1.165) is 22.8 Å². The van der Waals surface area contributed by atoms with Gasteiger partial charge < -0.3 is 9.80 Å². The van der Waals surface area contributed by atoms with Gasteiger partial charge in [0, 0.05) is 43.3 Å². The maximum atomic E-state index is 12.9. The van der Waals surface area contributed by atoms with Crippen molar-refractivity contribution >= 4 is 23.1 Å². The third kappa shape index (κ3) is 4.46. The van der Waals surface area contributed by atoms with Crippen LogP contribution in [-0.2, 0) is 6.18 Å². The number of nitrogens with zero attached hydrogens (tertiary/aromatic N) is 4. The fourth-order valence-corrected chi connectivity index (χ4v) is 4.14. The van der Waals surface area contributed by atoms with Crippen LogP contribution in [0.4, 0.5) is 19.0 Å². The molecule has 0 radical (unpaired) electrons. The minimum Gasteiger partial charge on any atom is -0.355 e. The van der Waals surface area contributed by atoms with E-state index in [9.17, 15) is 18.0 Å². The van der Waals surface area contributed by atoms with E-state index in [1.165, 1.54) is 17.4 Å². The first kappa shape index (κ1) is 20.3. The van der Waals surface area contributed by atoms with E-state index in [0.29, 0.717) is 44.1 Å². The Kier molecular flexibility index (Phi) is 5.72. The van der Waals surface area contributed by atoms with Gasteiger partial charge in [0.1, 0.15) is 16.5 Å². The van der Waals surface area contributed by atoms with Gasteiger partial charge in [0.15, 0.2) is 0 Å². The van der Waals surface area contributed by atoms with Crippen molar-refractivity contribution in [2.24, 2.45) is 0 Å². The lowest BCUT2D eigenvalue weighted by Gasteiger charge is -2.22. The predicted molar refractivity (Wildman–Crippen MR) is 110 cm³/mol. The SMILES string of the molecule is O=C(c1csc(-c2ccccc2)n1)N1CCCN(c2ccc(C(F)(F)F)cn2)CC1. The van der Waals surface area contributed by atoms with Crippen molar-refractivity contribution in [3.63, 3.8) is 0 Å². The number of hydrogen-bond donors (Lipinski definition) is 0. The molecule has 0 unspecified atom stereocenters. The minimum atomic E-state index is -4.40. The zero-order chi connectivity index (χ0) is 21.1.